The first-order chi connectivity index (χ1) is 12.7. The van der Waals surface area contributed by atoms with E-state index in [2.05, 4.69) is 5.32 Å². The third-order valence-corrected chi connectivity index (χ3v) is 6.82. The molecule has 2 aliphatic carbocycles. The van der Waals surface area contributed by atoms with Gasteiger partial charge in [-0.25, -0.2) is 0 Å². The van der Waals surface area contributed by atoms with Crippen LogP contribution in [0.5, 0.6) is 0 Å². The minimum Gasteiger partial charge on any atom is -0.353 e. The summed E-state index contributed by atoms with van der Waals surface area (Å²) in [5.74, 6) is 0.227. The number of nitrogens with one attached hydrogen (secondary N) is 1. The number of hydrogen-bond donors (Lipinski definition) is 1. The fourth-order valence-electron chi connectivity index (χ4n) is 5.38. The van der Waals surface area contributed by atoms with Gasteiger partial charge in [0.05, 0.1) is 5.92 Å². The van der Waals surface area contributed by atoms with Crippen molar-refractivity contribution in [3.05, 3.63) is 35.9 Å². The van der Waals surface area contributed by atoms with E-state index in [1.165, 1.54) is 32.1 Å². The van der Waals surface area contributed by atoms with Crippen molar-refractivity contribution in [1.29, 1.82) is 0 Å². The lowest BCUT2D eigenvalue weighted by molar-refractivity contribution is -0.129. The van der Waals surface area contributed by atoms with E-state index in [4.69, 9.17) is 0 Å². The van der Waals surface area contributed by atoms with Gasteiger partial charge in [0.15, 0.2) is 0 Å². The molecule has 1 atom stereocenters. The first kappa shape index (κ1) is 17.6. The van der Waals surface area contributed by atoms with Crippen LogP contribution in [-0.4, -0.2) is 35.8 Å². The van der Waals surface area contributed by atoms with Crippen molar-refractivity contribution >= 4 is 11.8 Å². The highest BCUT2D eigenvalue weighted by Gasteiger charge is 2.51. The molecule has 3 aliphatic rings. The summed E-state index contributed by atoms with van der Waals surface area (Å²) in [6.07, 6.45) is 10.4. The largest absolute Gasteiger partial charge is 0.353 e. The van der Waals surface area contributed by atoms with E-state index in [0.29, 0.717) is 12.6 Å². The summed E-state index contributed by atoms with van der Waals surface area (Å²) in [5, 5.41) is 3.31. The molecule has 1 spiro atoms. The molecule has 1 aromatic rings. The maximum absolute atomic E-state index is 13.1. The molecule has 2 saturated carbocycles. The average Bonchev–Trinajstić information content (AvgIpc) is 3.31. The first-order valence-electron chi connectivity index (χ1n) is 10.3. The van der Waals surface area contributed by atoms with Gasteiger partial charge in [0.2, 0.25) is 5.91 Å². The van der Waals surface area contributed by atoms with Crippen LogP contribution in [0.1, 0.15) is 68.1 Å². The highest BCUT2D eigenvalue weighted by atomic mass is 16.2. The van der Waals surface area contributed by atoms with Crippen LogP contribution in [0, 0.1) is 11.3 Å². The van der Waals surface area contributed by atoms with Crippen molar-refractivity contribution in [3.63, 3.8) is 0 Å². The Balaban J connectivity index is 1.52. The van der Waals surface area contributed by atoms with E-state index in [1.54, 1.807) is 0 Å². The molecule has 1 aliphatic heterocycles. The smallest absolute Gasteiger partial charge is 0.253 e. The molecule has 4 rings (SSSR count). The van der Waals surface area contributed by atoms with E-state index in [0.717, 1.165) is 37.8 Å². The zero-order chi connectivity index (χ0) is 18.0. The van der Waals surface area contributed by atoms with Crippen molar-refractivity contribution in [2.75, 3.05) is 13.1 Å². The zero-order valence-electron chi connectivity index (χ0n) is 15.6. The summed E-state index contributed by atoms with van der Waals surface area (Å²) in [6.45, 7) is 1.32. The average molecular weight is 354 g/mol. The molecule has 140 valence electrons. The van der Waals surface area contributed by atoms with Crippen LogP contribution in [-0.2, 0) is 4.79 Å². The lowest BCUT2D eigenvalue weighted by atomic mass is 9.67. The third kappa shape index (κ3) is 3.38. The molecule has 2 amide bonds. The minimum atomic E-state index is -0.0453. The van der Waals surface area contributed by atoms with E-state index in [1.807, 2.05) is 35.2 Å². The molecule has 26 heavy (non-hydrogen) atoms. The summed E-state index contributed by atoms with van der Waals surface area (Å²) in [7, 11) is 0. The van der Waals surface area contributed by atoms with Gasteiger partial charge in [-0.15, -0.1) is 0 Å². The van der Waals surface area contributed by atoms with E-state index in [9.17, 15) is 9.59 Å². The lowest BCUT2D eigenvalue weighted by Gasteiger charge is -2.37. The molecule has 1 saturated heterocycles. The third-order valence-electron chi connectivity index (χ3n) is 6.82. The van der Waals surface area contributed by atoms with Crippen molar-refractivity contribution < 1.29 is 9.59 Å². The second-order valence-electron chi connectivity index (χ2n) is 8.52. The lowest BCUT2D eigenvalue weighted by Crippen LogP contribution is -2.45. The Labute approximate surface area is 156 Å². The molecule has 1 aromatic carbocycles. The van der Waals surface area contributed by atoms with Gasteiger partial charge in [0.1, 0.15) is 0 Å². The van der Waals surface area contributed by atoms with Crippen LogP contribution in [0.15, 0.2) is 30.3 Å². The van der Waals surface area contributed by atoms with Gasteiger partial charge in [-0.3, -0.25) is 9.59 Å². The number of likely N-dealkylation sites (tertiary alicyclic amines) is 1. The summed E-state index contributed by atoms with van der Waals surface area (Å²) < 4.78 is 0. The second-order valence-corrected chi connectivity index (χ2v) is 8.52. The van der Waals surface area contributed by atoms with Crippen LogP contribution in [0.3, 0.4) is 0 Å². The molecular formula is C22H30N2O2. The Hall–Kier alpha value is -1.84. The molecule has 4 heteroatoms. The van der Waals surface area contributed by atoms with Gasteiger partial charge in [-0.05, 0) is 37.8 Å². The van der Waals surface area contributed by atoms with Crippen LogP contribution in [0.2, 0.25) is 0 Å². The van der Waals surface area contributed by atoms with Crippen LogP contribution in [0.25, 0.3) is 0 Å². The zero-order valence-corrected chi connectivity index (χ0v) is 15.6. The van der Waals surface area contributed by atoms with E-state index >= 15 is 0 Å². The molecule has 4 nitrogen and oxygen atoms in total. The molecule has 1 unspecified atom stereocenters. The highest BCUT2D eigenvalue weighted by Crippen LogP contribution is 2.48. The molecule has 0 radical (unpaired) electrons. The predicted molar refractivity (Wildman–Crippen MR) is 102 cm³/mol. The number of benzene rings is 1. The predicted octanol–water partition coefficient (Wildman–Crippen LogP) is 3.77. The summed E-state index contributed by atoms with van der Waals surface area (Å²) in [6, 6.07) is 9.85. The Morgan fingerprint density at radius 1 is 0.962 bits per heavy atom. The molecule has 0 bridgehead atoms. The minimum absolute atomic E-state index is 0.00855. The normalized spacial score (nSPS) is 25.5. The number of nitrogens with zero attached hydrogens (tertiary/aromatic N) is 1. The number of rotatable bonds is 3. The van der Waals surface area contributed by atoms with Crippen LogP contribution >= 0.6 is 0 Å². The summed E-state index contributed by atoms with van der Waals surface area (Å²) in [4.78, 5) is 28.1. The fraction of sp³-hybridized carbons (Fsp3) is 0.636. The fourth-order valence-corrected chi connectivity index (χ4v) is 5.38. The van der Waals surface area contributed by atoms with Crippen LogP contribution < -0.4 is 5.32 Å². The highest BCUT2D eigenvalue weighted by molar-refractivity contribution is 5.95. The Morgan fingerprint density at radius 2 is 1.65 bits per heavy atom. The monoisotopic (exact) mass is 354 g/mol. The molecular weight excluding hydrogens is 324 g/mol. The molecule has 1 N–H and O–H groups in total. The van der Waals surface area contributed by atoms with Gasteiger partial charge in [-0.2, -0.15) is 0 Å². The van der Waals surface area contributed by atoms with E-state index < -0.39 is 0 Å². The van der Waals surface area contributed by atoms with Crippen molar-refractivity contribution in [2.45, 2.75) is 63.8 Å². The van der Waals surface area contributed by atoms with Gasteiger partial charge < -0.3 is 10.2 Å². The number of hydrogen-bond acceptors (Lipinski definition) is 2. The van der Waals surface area contributed by atoms with Gasteiger partial charge in [0, 0.05) is 30.1 Å². The van der Waals surface area contributed by atoms with E-state index in [-0.39, 0.29) is 23.1 Å². The Bertz CT molecular complexity index is 645. The van der Waals surface area contributed by atoms with Crippen molar-refractivity contribution in [1.82, 2.24) is 10.2 Å². The molecule has 1 heterocycles. The standard InChI is InChI=1S/C22H30N2O2/c25-20(23-18-11-5-6-12-18)19-15-24(16-22(19)13-7-2-8-14-22)21(26)17-9-3-1-4-10-17/h1,3-4,9-10,18-19H,2,5-8,11-16H2,(H,23,25). The Morgan fingerprint density at radius 3 is 2.35 bits per heavy atom. The topological polar surface area (TPSA) is 49.4 Å². The molecule has 0 aromatic heterocycles. The maximum Gasteiger partial charge on any atom is 0.253 e. The summed E-state index contributed by atoms with van der Waals surface area (Å²) in [5.41, 5.74) is 0.723. The van der Waals surface area contributed by atoms with Crippen LogP contribution in [0.4, 0.5) is 0 Å². The van der Waals surface area contributed by atoms with Gasteiger partial charge >= 0.3 is 0 Å². The quantitative estimate of drug-likeness (QED) is 0.898. The van der Waals surface area contributed by atoms with Crippen molar-refractivity contribution in [2.24, 2.45) is 11.3 Å². The number of amides is 2. The SMILES string of the molecule is O=C(NC1CCCC1)C1CN(C(=O)c2ccccc2)CC12CCCCC2. The first-order valence-corrected chi connectivity index (χ1v) is 10.3. The second kappa shape index (κ2) is 7.42. The number of carbonyl (C=O) groups is 2. The molecule has 3 fully saturated rings. The summed E-state index contributed by atoms with van der Waals surface area (Å²) >= 11 is 0. The number of carbonyl (C=O) groups excluding carboxylic acids is 2. The van der Waals surface area contributed by atoms with Crippen molar-refractivity contribution in [3.8, 4) is 0 Å². The Kier molecular flexibility index (Phi) is 5.01. The maximum atomic E-state index is 13.1. The van der Waals surface area contributed by atoms with Gasteiger partial charge in [0.25, 0.3) is 5.91 Å². The van der Waals surface area contributed by atoms with Gasteiger partial charge in [-0.1, -0.05) is 50.3 Å².